The first-order chi connectivity index (χ1) is 7.36. The molecule has 2 rings (SSSR count). The zero-order valence-corrected chi connectivity index (χ0v) is 10.3. The lowest BCUT2D eigenvalue weighted by molar-refractivity contribution is 0.0532. The molecule has 2 aliphatic heterocycles. The summed E-state index contributed by atoms with van der Waals surface area (Å²) in [5, 5.41) is 10.2. The van der Waals surface area contributed by atoms with Crippen LogP contribution in [-0.2, 0) is 0 Å². The lowest BCUT2D eigenvalue weighted by atomic mass is 9.95. The number of β-amino-alcohol motifs (C(OH)–C–C–N with tert-alkyl or cyclic N) is 1. The van der Waals surface area contributed by atoms with Crippen molar-refractivity contribution in [3.63, 3.8) is 0 Å². The van der Waals surface area contributed by atoms with E-state index in [-0.39, 0.29) is 6.10 Å². The fraction of sp³-hybridized carbons (Fsp3) is 1.00. The number of hydrogen-bond donors (Lipinski definition) is 1. The van der Waals surface area contributed by atoms with Gasteiger partial charge >= 0.3 is 0 Å². The molecule has 0 aliphatic carbocycles. The first kappa shape index (κ1) is 11.7. The van der Waals surface area contributed by atoms with Gasteiger partial charge < -0.3 is 10.0 Å². The van der Waals surface area contributed by atoms with Gasteiger partial charge in [0.15, 0.2) is 0 Å². The lowest BCUT2D eigenvalue weighted by Crippen LogP contribution is -2.40. The van der Waals surface area contributed by atoms with E-state index in [9.17, 15) is 5.11 Å². The van der Waals surface area contributed by atoms with E-state index in [1.54, 1.807) is 0 Å². The van der Waals surface area contributed by atoms with Gasteiger partial charge in [-0.2, -0.15) is 11.8 Å². The Hall–Kier alpha value is 0.270. The summed E-state index contributed by atoms with van der Waals surface area (Å²) >= 11 is 2.04. The molecule has 1 atom stereocenters. The molecule has 15 heavy (non-hydrogen) atoms. The predicted octanol–water partition coefficient (Wildman–Crippen LogP) is 1.98. The van der Waals surface area contributed by atoms with Crippen LogP contribution in [-0.4, -0.2) is 47.3 Å². The fourth-order valence-corrected chi connectivity index (χ4v) is 3.80. The molecule has 0 spiro atoms. The molecule has 1 unspecified atom stereocenters. The Morgan fingerprint density at radius 1 is 1.13 bits per heavy atom. The van der Waals surface area contributed by atoms with Gasteiger partial charge in [0, 0.05) is 6.54 Å². The highest BCUT2D eigenvalue weighted by Crippen LogP contribution is 2.26. The average molecular weight is 229 g/mol. The second-order valence-electron chi connectivity index (χ2n) is 4.88. The number of aliphatic hydroxyl groups is 1. The highest BCUT2D eigenvalue weighted by molar-refractivity contribution is 7.99. The minimum absolute atomic E-state index is 0.0657. The van der Waals surface area contributed by atoms with Crippen molar-refractivity contribution in [2.45, 2.75) is 38.2 Å². The third kappa shape index (κ3) is 3.65. The minimum atomic E-state index is -0.0657. The molecular weight excluding hydrogens is 206 g/mol. The Kier molecular flexibility index (Phi) is 4.79. The van der Waals surface area contributed by atoms with Gasteiger partial charge in [0.25, 0.3) is 0 Å². The maximum absolute atomic E-state index is 10.2. The van der Waals surface area contributed by atoms with Gasteiger partial charge in [-0.15, -0.1) is 0 Å². The largest absolute Gasteiger partial charge is 0.392 e. The van der Waals surface area contributed by atoms with Crippen LogP contribution >= 0.6 is 11.8 Å². The standard InChI is InChI=1S/C12H23NOS/c14-12(11-4-8-15-9-5-11)10-13-6-2-1-3-7-13/h11-12,14H,1-10H2. The summed E-state index contributed by atoms with van der Waals surface area (Å²) in [7, 11) is 0. The number of rotatable bonds is 3. The molecule has 2 fully saturated rings. The van der Waals surface area contributed by atoms with Crippen LogP contribution in [0.25, 0.3) is 0 Å². The zero-order valence-electron chi connectivity index (χ0n) is 9.53. The van der Waals surface area contributed by atoms with Crippen LogP contribution in [0.15, 0.2) is 0 Å². The summed E-state index contributed by atoms with van der Waals surface area (Å²) in [5.74, 6) is 3.08. The fourth-order valence-electron chi connectivity index (χ4n) is 2.66. The smallest absolute Gasteiger partial charge is 0.0695 e. The van der Waals surface area contributed by atoms with Crippen LogP contribution in [0.2, 0.25) is 0 Å². The molecule has 2 nitrogen and oxygen atoms in total. The van der Waals surface area contributed by atoms with E-state index in [4.69, 9.17) is 0 Å². The third-order valence-corrected chi connectivity index (χ3v) is 4.75. The summed E-state index contributed by atoms with van der Waals surface area (Å²) in [6.07, 6.45) is 6.41. The number of piperidine rings is 1. The number of nitrogens with zero attached hydrogens (tertiary/aromatic N) is 1. The molecule has 0 radical (unpaired) electrons. The van der Waals surface area contributed by atoms with Crippen molar-refractivity contribution >= 4 is 11.8 Å². The van der Waals surface area contributed by atoms with Crippen LogP contribution in [0, 0.1) is 5.92 Å². The van der Waals surface area contributed by atoms with Crippen LogP contribution in [0.4, 0.5) is 0 Å². The van der Waals surface area contributed by atoms with Gasteiger partial charge in [-0.1, -0.05) is 6.42 Å². The molecule has 2 heterocycles. The molecule has 0 aromatic heterocycles. The number of likely N-dealkylation sites (tertiary alicyclic amines) is 1. The van der Waals surface area contributed by atoms with Crippen molar-refractivity contribution in [2.75, 3.05) is 31.1 Å². The zero-order chi connectivity index (χ0) is 10.5. The maximum atomic E-state index is 10.2. The minimum Gasteiger partial charge on any atom is -0.392 e. The van der Waals surface area contributed by atoms with Crippen LogP contribution in [0.1, 0.15) is 32.1 Å². The summed E-state index contributed by atoms with van der Waals surface area (Å²) in [5.41, 5.74) is 0. The molecule has 1 N–H and O–H groups in total. The molecule has 2 aliphatic rings. The number of aliphatic hydroxyl groups excluding tert-OH is 1. The molecule has 0 amide bonds. The number of hydrogen-bond acceptors (Lipinski definition) is 3. The van der Waals surface area contributed by atoms with Crippen molar-refractivity contribution in [1.29, 1.82) is 0 Å². The van der Waals surface area contributed by atoms with Crippen molar-refractivity contribution < 1.29 is 5.11 Å². The van der Waals surface area contributed by atoms with Crippen molar-refractivity contribution in [2.24, 2.45) is 5.92 Å². The Balaban J connectivity index is 1.72. The van der Waals surface area contributed by atoms with Gasteiger partial charge in [0.2, 0.25) is 0 Å². The monoisotopic (exact) mass is 229 g/mol. The molecule has 88 valence electrons. The van der Waals surface area contributed by atoms with E-state index in [1.165, 1.54) is 56.7 Å². The quantitative estimate of drug-likeness (QED) is 0.800. The Morgan fingerprint density at radius 3 is 2.47 bits per heavy atom. The molecule has 2 saturated heterocycles. The van der Waals surface area contributed by atoms with E-state index < -0.39 is 0 Å². The van der Waals surface area contributed by atoms with Crippen LogP contribution in [0.3, 0.4) is 0 Å². The first-order valence-electron chi connectivity index (χ1n) is 6.34. The normalized spacial score (nSPS) is 27.8. The molecule has 0 bridgehead atoms. The van der Waals surface area contributed by atoms with Gasteiger partial charge in [-0.3, -0.25) is 0 Å². The van der Waals surface area contributed by atoms with E-state index in [1.807, 2.05) is 11.8 Å². The van der Waals surface area contributed by atoms with Gasteiger partial charge in [-0.25, -0.2) is 0 Å². The van der Waals surface area contributed by atoms with Crippen LogP contribution < -0.4 is 0 Å². The lowest BCUT2D eigenvalue weighted by Gasteiger charge is -2.33. The van der Waals surface area contributed by atoms with Crippen molar-refractivity contribution in [3.8, 4) is 0 Å². The summed E-state index contributed by atoms with van der Waals surface area (Å²) < 4.78 is 0. The highest BCUT2D eigenvalue weighted by Gasteiger charge is 2.24. The van der Waals surface area contributed by atoms with E-state index in [0.717, 1.165) is 6.54 Å². The van der Waals surface area contributed by atoms with Crippen molar-refractivity contribution in [3.05, 3.63) is 0 Å². The Bertz CT molecular complexity index is 176. The predicted molar refractivity (Wildman–Crippen MR) is 66.3 cm³/mol. The second-order valence-corrected chi connectivity index (χ2v) is 6.10. The molecule has 3 heteroatoms. The average Bonchev–Trinajstić information content (AvgIpc) is 2.31. The third-order valence-electron chi connectivity index (χ3n) is 3.70. The first-order valence-corrected chi connectivity index (χ1v) is 7.50. The van der Waals surface area contributed by atoms with Gasteiger partial charge in [0.1, 0.15) is 0 Å². The van der Waals surface area contributed by atoms with Gasteiger partial charge in [0.05, 0.1) is 6.10 Å². The van der Waals surface area contributed by atoms with E-state index in [0.29, 0.717) is 5.92 Å². The Morgan fingerprint density at radius 2 is 1.80 bits per heavy atom. The Labute approximate surface area is 97.4 Å². The molecule has 0 aromatic carbocycles. The van der Waals surface area contributed by atoms with Crippen molar-refractivity contribution in [1.82, 2.24) is 4.90 Å². The summed E-state index contributed by atoms with van der Waals surface area (Å²) in [6.45, 7) is 3.34. The second kappa shape index (κ2) is 6.12. The maximum Gasteiger partial charge on any atom is 0.0695 e. The summed E-state index contributed by atoms with van der Waals surface area (Å²) in [4.78, 5) is 2.45. The van der Waals surface area contributed by atoms with E-state index >= 15 is 0 Å². The summed E-state index contributed by atoms with van der Waals surface area (Å²) in [6, 6.07) is 0. The molecule has 0 saturated carbocycles. The van der Waals surface area contributed by atoms with E-state index in [2.05, 4.69) is 4.90 Å². The topological polar surface area (TPSA) is 23.5 Å². The number of thioether (sulfide) groups is 1. The molecule has 0 aromatic rings. The van der Waals surface area contributed by atoms with Crippen LogP contribution in [0.5, 0.6) is 0 Å². The highest BCUT2D eigenvalue weighted by atomic mass is 32.2. The molecular formula is C12H23NOS. The SMILES string of the molecule is OC(CN1CCCCC1)C1CCSCC1. The van der Waals surface area contributed by atoms with Gasteiger partial charge in [-0.05, 0) is 56.2 Å².